The van der Waals surface area contributed by atoms with E-state index in [0.29, 0.717) is 5.03 Å². The molecule has 1 aliphatic carbocycles. The maximum absolute atomic E-state index is 10.9. The molecule has 74 valence electrons. The lowest BCUT2D eigenvalue weighted by Crippen LogP contribution is -2.46. The highest BCUT2D eigenvalue weighted by Gasteiger charge is 2.38. The molecule has 0 fully saturated rings. The maximum atomic E-state index is 10.9. The molecule has 1 unspecified atom stereocenters. The van der Waals surface area contributed by atoms with Crippen molar-refractivity contribution in [1.29, 1.82) is 0 Å². The number of hydrogen-bond acceptors (Lipinski definition) is 3. The second-order valence-electron chi connectivity index (χ2n) is 3.03. The Morgan fingerprint density at radius 1 is 1.69 bits per heavy atom. The van der Waals surface area contributed by atoms with Gasteiger partial charge in [-0.2, -0.15) is 8.42 Å². The number of nitrogens with two attached hydrogens (primary N) is 1. The molecule has 3 N–H and O–H groups in total. The Morgan fingerprint density at radius 3 is 2.62 bits per heavy atom. The van der Waals surface area contributed by atoms with Crippen molar-refractivity contribution in [3.05, 3.63) is 22.8 Å². The lowest BCUT2D eigenvalue weighted by Gasteiger charge is -2.25. The Morgan fingerprint density at radius 2 is 2.23 bits per heavy atom. The SMILES string of the molecule is CC1=C(Cl)CC(N)(S(=O)(=O)O)C=C1. The first-order valence-corrected chi connectivity index (χ1v) is 5.38. The van der Waals surface area contributed by atoms with E-state index in [2.05, 4.69) is 0 Å². The fourth-order valence-corrected chi connectivity index (χ4v) is 1.90. The monoisotopic (exact) mass is 223 g/mol. The highest BCUT2D eigenvalue weighted by molar-refractivity contribution is 7.87. The highest BCUT2D eigenvalue weighted by atomic mass is 35.5. The molecule has 0 amide bonds. The van der Waals surface area contributed by atoms with Gasteiger partial charge in [0.15, 0.2) is 4.87 Å². The lowest BCUT2D eigenvalue weighted by atomic mass is 10.0. The Bertz CT molecular complexity index is 385. The number of hydrogen-bond donors (Lipinski definition) is 2. The third-order valence-corrected chi connectivity index (χ3v) is 3.63. The van der Waals surface area contributed by atoms with E-state index < -0.39 is 15.0 Å². The number of halogens is 1. The summed E-state index contributed by atoms with van der Waals surface area (Å²) in [6, 6.07) is 0. The molecule has 0 bridgehead atoms. The maximum Gasteiger partial charge on any atom is 0.287 e. The van der Waals surface area contributed by atoms with Gasteiger partial charge in [0.1, 0.15) is 0 Å². The molecular formula is C7H10ClNO3S. The van der Waals surface area contributed by atoms with Crippen LogP contribution in [0.15, 0.2) is 22.8 Å². The molecule has 13 heavy (non-hydrogen) atoms. The molecule has 0 aromatic heterocycles. The molecule has 0 aromatic carbocycles. The zero-order valence-electron chi connectivity index (χ0n) is 6.99. The van der Waals surface area contributed by atoms with Crippen molar-refractivity contribution in [2.75, 3.05) is 0 Å². The first-order chi connectivity index (χ1) is 5.76. The van der Waals surface area contributed by atoms with Gasteiger partial charge < -0.3 is 5.73 Å². The summed E-state index contributed by atoms with van der Waals surface area (Å²) in [5, 5.41) is 0.350. The molecule has 1 atom stereocenters. The summed E-state index contributed by atoms with van der Waals surface area (Å²) >= 11 is 5.73. The average Bonchev–Trinajstić information content (AvgIpc) is 1.95. The minimum atomic E-state index is -4.31. The van der Waals surface area contributed by atoms with Gasteiger partial charge in [0, 0.05) is 11.5 Å². The zero-order valence-corrected chi connectivity index (χ0v) is 8.56. The summed E-state index contributed by atoms with van der Waals surface area (Å²) in [4.78, 5) is -1.77. The Labute approximate surface area is 81.8 Å². The Kier molecular flexibility index (Phi) is 2.55. The van der Waals surface area contributed by atoms with Crippen LogP contribution in [0.2, 0.25) is 0 Å². The van der Waals surface area contributed by atoms with E-state index in [1.165, 1.54) is 12.2 Å². The van der Waals surface area contributed by atoms with E-state index in [9.17, 15) is 8.42 Å². The topological polar surface area (TPSA) is 80.4 Å². The van der Waals surface area contributed by atoms with E-state index in [-0.39, 0.29) is 6.42 Å². The highest BCUT2D eigenvalue weighted by Crippen LogP contribution is 2.30. The number of rotatable bonds is 1. The van der Waals surface area contributed by atoms with Crippen molar-refractivity contribution >= 4 is 21.7 Å². The predicted octanol–water partition coefficient (Wildman–Crippen LogP) is 1.00. The van der Waals surface area contributed by atoms with Gasteiger partial charge in [0.05, 0.1) is 0 Å². The lowest BCUT2D eigenvalue weighted by molar-refractivity contribution is 0.446. The first-order valence-electron chi connectivity index (χ1n) is 3.57. The smallest absolute Gasteiger partial charge is 0.287 e. The van der Waals surface area contributed by atoms with Gasteiger partial charge in [-0.05, 0) is 18.6 Å². The van der Waals surface area contributed by atoms with Gasteiger partial charge in [0.2, 0.25) is 0 Å². The summed E-state index contributed by atoms with van der Waals surface area (Å²) in [6.45, 7) is 1.74. The molecule has 0 spiro atoms. The standard InChI is InChI=1S/C7H10ClNO3S/c1-5-2-3-7(9,4-6(5)8)13(10,11)12/h2-3H,4,9H2,1H3,(H,10,11,12). The van der Waals surface area contributed by atoms with Crippen LogP contribution in [0.25, 0.3) is 0 Å². The molecule has 0 saturated carbocycles. The second kappa shape index (κ2) is 3.09. The van der Waals surface area contributed by atoms with Crippen LogP contribution in [0, 0.1) is 0 Å². The molecule has 1 rings (SSSR count). The third-order valence-electron chi connectivity index (χ3n) is 1.96. The van der Waals surface area contributed by atoms with Crippen LogP contribution in [-0.4, -0.2) is 17.8 Å². The molecular weight excluding hydrogens is 214 g/mol. The number of allylic oxidation sites excluding steroid dienone is 2. The molecule has 0 radical (unpaired) electrons. The Hall–Kier alpha value is -0.360. The van der Waals surface area contributed by atoms with Gasteiger partial charge >= 0.3 is 0 Å². The fraction of sp³-hybridized carbons (Fsp3) is 0.429. The van der Waals surface area contributed by atoms with Crippen LogP contribution < -0.4 is 5.73 Å². The van der Waals surface area contributed by atoms with Crippen molar-refractivity contribution in [3.8, 4) is 0 Å². The summed E-state index contributed by atoms with van der Waals surface area (Å²) in [5.41, 5.74) is 6.20. The molecule has 0 aliphatic heterocycles. The van der Waals surface area contributed by atoms with Crippen LogP contribution in [0.5, 0.6) is 0 Å². The van der Waals surface area contributed by atoms with Crippen LogP contribution in [0.3, 0.4) is 0 Å². The fourth-order valence-electron chi connectivity index (χ4n) is 0.975. The molecule has 1 aliphatic rings. The second-order valence-corrected chi connectivity index (χ2v) is 5.19. The molecule has 4 nitrogen and oxygen atoms in total. The van der Waals surface area contributed by atoms with Crippen LogP contribution in [0.4, 0.5) is 0 Å². The van der Waals surface area contributed by atoms with Crippen LogP contribution in [0.1, 0.15) is 13.3 Å². The van der Waals surface area contributed by atoms with E-state index in [0.717, 1.165) is 5.57 Å². The van der Waals surface area contributed by atoms with E-state index in [1.54, 1.807) is 6.92 Å². The minimum Gasteiger partial charge on any atom is -0.307 e. The molecule has 0 aromatic rings. The van der Waals surface area contributed by atoms with Crippen LogP contribution in [-0.2, 0) is 10.1 Å². The van der Waals surface area contributed by atoms with Gasteiger partial charge in [-0.3, -0.25) is 4.55 Å². The third kappa shape index (κ3) is 1.94. The molecule has 0 heterocycles. The predicted molar refractivity (Wildman–Crippen MR) is 50.8 cm³/mol. The Balaban J connectivity index is 3.12. The van der Waals surface area contributed by atoms with Gasteiger partial charge in [0.25, 0.3) is 10.1 Å². The average molecular weight is 224 g/mol. The van der Waals surface area contributed by atoms with Crippen molar-refractivity contribution in [2.45, 2.75) is 18.2 Å². The quantitative estimate of drug-likeness (QED) is 0.650. The van der Waals surface area contributed by atoms with E-state index in [4.69, 9.17) is 21.9 Å². The molecule has 0 saturated heterocycles. The first kappa shape index (κ1) is 10.7. The summed E-state index contributed by atoms with van der Waals surface area (Å²) < 4.78 is 30.5. The van der Waals surface area contributed by atoms with E-state index in [1.807, 2.05) is 0 Å². The largest absolute Gasteiger partial charge is 0.307 e. The van der Waals surface area contributed by atoms with Crippen LogP contribution >= 0.6 is 11.6 Å². The van der Waals surface area contributed by atoms with E-state index >= 15 is 0 Å². The van der Waals surface area contributed by atoms with Crippen molar-refractivity contribution in [1.82, 2.24) is 0 Å². The van der Waals surface area contributed by atoms with Crippen molar-refractivity contribution in [3.63, 3.8) is 0 Å². The minimum absolute atomic E-state index is 0.0876. The summed E-state index contributed by atoms with van der Waals surface area (Å²) in [6.07, 6.45) is 2.64. The van der Waals surface area contributed by atoms with Gasteiger partial charge in [-0.15, -0.1) is 0 Å². The zero-order chi connectivity index (χ0) is 10.3. The normalized spacial score (nSPS) is 29.5. The summed E-state index contributed by atoms with van der Waals surface area (Å²) in [7, 11) is -4.31. The van der Waals surface area contributed by atoms with Crippen molar-refractivity contribution < 1.29 is 13.0 Å². The molecule has 6 heteroatoms. The van der Waals surface area contributed by atoms with Gasteiger partial charge in [-0.1, -0.05) is 17.7 Å². The van der Waals surface area contributed by atoms with Gasteiger partial charge in [-0.25, -0.2) is 0 Å². The van der Waals surface area contributed by atoms with Crippen molar-refractivity contribution in [2.24, 2.45) is 5.73 Å². The summed E-state index contributed by atoms with van der Waals surface area (Å²) in [5.74, 6) is 0.